The molecule has 0 aromatic rings. The van der Waals surface area contributed by atoms with Crippen LogP contribution >= 0.6 is 0 Å². The van der Waals surface area contributed by atoms with Gasteiger partial charge in [0.1, 0.15) is 6.04 Å². The molecule has 0 fully saturated rings. The van der Waals surface area contributed by atoms with Gasteiger partial charge in [-0.05, 0) is 5.92 Å². The van der Waals surface area contributed by atoms with Crippen LogP contribution in [0.3, 0.4) is 0 Å². The van der Waals surface area contributed by atoms with Gasteiger partial charge in [0.15, 0.2) is 0 Å². The summed E-state index contributed by atoms with van der Waals surface area (Å²) in [6.07, 6.45) is 0. The first-order valence-electron chi connectivity index (χ1n) is 6.15. The summed E-state index contributed by atoms with van der Waals surface area (Å²) >= 11 is 0. The van der Waals surface area contributed by atoms with Crippen molar-refractivity contribution in [1.29, 1.82) is 0 Å². The molecule has 8 nitrogen and oxygen atoms in total. The molecule has 0 aromatic carbocycles. The summed E-state index contributed by atoms with van der Waals surface area (Å²) < 4.78 is 0. The predicted octanol–water partition coefficient (Wildman–Crippen LogP) is -1.19. The molecule has 114 valence electrons. The zero-order valence-corrected chi connectivity index (χ0v) is 12.1. The molecule has 0 saturated heterocycles. The SMILES string of the molecule is CC(=O)N(C)CC(=O)NCC(=O)N[C@H](C(=O)O)C(C)C. The molecule has 1 atom stereocenters. The average molecular weight is 287 g/mol. The number of carboxylic acid groups (broad SMARTS) is 1. The smallest absolute Gasteiger partial charge is 0.326 e. The molecule has 0 aliphatic heterocycles. The fourth-order valence-electron chi connectivity index (χ4n) is 1.30. The third-order valence-corrected chi connectivity index (χ3v) is 2.61. The van der Waals surface area contributed by atoms with Gasteiger partial charge in [0.05, 0.1) is 13.1 Å². The van der Waals surface area contributed by atoms with Crippen molar-refractivity contribution in [3.8, 4) is 0 Å². The van der Waals surface area contributed by atoms with E-state index < -0.39 is 23.8 Å². The third-order valence-electron chi connectivity index (χ3n) is 2.61. The number of nitrogens with zero attached hydrogens (tertiary/aromatic N) is 1. The van der Waals surface area contributed by atoms with Gasteiger partial charge in [0.2, 0.25) is 17.7 Å². The molecule has 20 heavy (non-hydrogen) atoms. The molecule has 0 aliphatic rings. The fraction of sp³-hybridized carbons (Fsp3) is 0.667. The molecule has 8 heteroatoms. The van der Waals surface area contributed by atoms with Crippen molar-refractivity contribution in [2.45, 2.75) is 26.8 Å². The van der Waals surface area contributed by atoms with E-state index in [-0.39, 0.29) is 24.9 Å². The maximum absolute atomic E-state index is 11.5. The molecule has 3 N–H and O–H groups in total. The Bertz CT molecular complexity index is 395. The first-order chi connectivity index (χ1) is 9.15. The van der Waals surface area contributed by atoms with E-state index >= 15 is 0 Å². The van der Waals surface area contributed by atoms with Crippen molar-refractivity contribution in [2.75, 3.05) is 20.1 Å². The van der Waals surface area contributed by atoms with Gasteiger partial charge in [-0.2, -0.15) is 0 Å². The van der Waals surface area contributed by atoms with Crippen LogP contribution in [0.2, 0.25) is 0 Å². The van der Waals surface area contributed by atoms with Gasteiger partial charge in [0.25, 0.3) is 0 Å². The molecule has 0 radical (unpaired) electrons. The van der Waals surface area contributed by atoms with E-state index in [1.165, 1.54) is 18.9 Å². The largest absolute Gasteiger partial charge is 0.480 e. The highest BCUT2D eigenvalue weighted by Gasteiger charge is 2.23. The zero-order valence-electron chi connectivity index (χ0n) is 12.1. The Morgan fingerprint density at radius 2 is 1.70 bits per heavy atom. The number of rotatable bonds is 7. The van der Waals surface area contributed by atoms with Crippen molar-refractivity contribution in [1.82, 2.24) is 15.5 Å². The first-order valence-corrected chi connectivity index (χ1v) is 6.15. The summed E-state index contributed by atoms with van der Waals surface area (Å²) in [5.41, 5.74) is 0. The molecular weight excluding hydrogens is 266 g/mol. The van der Waals surface area contributed by atoms with E-state index in [0.717, 1.165) is 0 Å². The molecule has 0 heterocycles. The quantitative estimate of drug-likeness (QED) is 0.544. The first kappa shape index (κ1) is 17.9. The Kier molecular flexibility index (Phi) is 7.27. The molecule has 0 spiro atoms. The Hall–Kier alpha value is -2.12. The Balaban J connectivity index is 4.19. The number of hydrogen-bond acceptors (Lipinski definition) is 4. The third kappa shape index (κ3) is 6.72. The van der Waals surface area contributed by atoms with E-state index in [4.69, 9.17) is 5.11 Å². The van der Waals surface area contributed by atoms with Crippen LogP contribution in [0.15, 0.2) is 0 Å². The normalized spacial score (nSPS) is 11.7. The molecule has 0 unspecified atom stereocenters. The van der Waals surface area contributed by atoms with Gasteiger partial charge in [-0.15, -0.1) is 0 Å². The maximum atomic E-state index is 11.5. The summed E-state index contributed by atoms with van der Waals surface area (Å²) in [5.74, 6) is -2.75. The minimum absolute atomic E-state index is 0.158. The standard InChI is InChI=1S/C12H21N3O5/c1-7(2)11(12(19)20)14-9(17)5-13-10(18)6-15(4)8(3)16/h7,11H,5-6H2,1-4H3,(H,13,18)(H,14,17)(H,19,20)/t11-/m0/s1. The topological polar surface area (TPSA) is 116 Å². The summed E-state index contributed by atoms with van der Waals surface area (Å²) in [6, 6.07) is -1.00. The van der Waals surface area contributed by atoms with Gasteiger partial charge < -0.3 is 20.6 Å². The minimum Gasteiger partial charge on any atom is -0.480 e. The zero-order chi connectivity index (χ0) is 15.9. The molecule has 0 aliphatic carbocycles. The molecule has 0 bridgehead atoms. The van der Waals surface area contributed by atoms with Crippen LogP contribution in [0.1, 0.15) is 20.8 Å². The predicted molar refractivity (Wildman–Crippen MR) is 70.7 cm³/mol. The van der Waals surface area contributed by atoms with E-state index in [1.54, 1.807) is 13.8 Å². The lowest BCUT2D eigenvalue weighted by atomic mass is 10.1. The molecule has 0 rings (SSSR count). The van der Waals surface area contributed by atoms with Gasteiger partial charge in [-0.3, -0.25) is 14.4 Å². The van der Waals surface area contributed by atoms with Crippen molar-refractivity contribution < 1.29 is 24.3 Å². The van der Waals surface area contributed by atoms with Crippen molar-refractivity contribution in [3.05, 3.63) is 0 Å². The highest BCUT2D eigenvalue weighted by atomic mass is 16.4. The molecule has 0 saturated carbocycles. The van der Waals surface area contributed by atoms with E-state index in [9.17, 15) is 19.2 Å². The van der Waals surface area contributed by atoms with E-state index in [2.05, 4.69) is 10.6 Å². The van der Waals surface area contributed by atoms with Crippen LogP contribution < -0.4 is 10.6 Å². The molecular formula is C12H21N3O5. The fourth-order valence-corrected chi connectivity index (χ4v) is 1.30. The number of likely N-dealkylation sites (N-methyl/N-ethyl adjacent to an activating group) is 1. The van der Waals surface area contributed by atoms with Crippen LogP contribution in [0.25, 0.3) is 0 Å². The number of carboxylic acids is 1. The van der Waals surface area contributed by atoms with E-state index in [1.807, 2.05) is 0 Å². The van der Waals surface area contributed by atoms with Gasteiger partial charge >= 0.3 is 5.97 Å². The number of carbonyl (C=O) groups excluding carboxylic acids is 3. The Labute approximate surface area is 117 Å². The maximum Gasteiger partial charge on any atom is 0.326 e. The average Bonchev–Trinajstić information content (AvgIpc) is 2.32. The lowest BCUT2D eigenvalue weighted by molar-refractivity contribution is -0.143. The van der Waals surface area contributed by atoms with E-state index in [0.29, 0.717) is 0 Å². The number of carbonyl (C=O) groups is 4. The lowest BCUT2D eigenvalue weighted by Gasteiger charge is -2.18. The van der Waals surface area contributed by atoms with Crippen LogP contribution in [-0.2, 0) is 19.2 Å². The summed E-state index contributed by atoms with van der Waals surface area (Å²) in [4.78, 5) is 45.9. The van der Waals surface area contributed by atoms with Gasteiger partial charge in [-0.25, -0.2) is 4.79 Å². The van der Waals surface area contributed by atoms with Crippen molar-refractivity contribution >= 4 is 23.7 Å². The second-order valence-electron chi connectivity index (χ2n) is 4.78. The summed E-state index contributed by atoms with van der Waals surface area (Å²) in [6.45, 7) is 4.16. The van der Waals surface area contributed by atoms with Crippen LogP contribution in [0.4, 0.5) is 0 Å². The second-order valence-corrected chi connectivity index (χ2v) is 4.78. The lowest BCUT2D eigenvalue weighted by Crippen LogP contribution is -2.49. The van der Waals surface area contributed by atoms with Crippen molar-refractivity contribution in [3.63, 3.8) is 0 Å². The molecule has 0 aromatic heterocycles. The Morgan fingerprint density at radius 3 is 2.10 bits per heavy atom. The van der Waals surface area contributed by atoms with Gasteiger partial charge in [-0.1, -0.05) is 13.8 Å². The highest BCUT2D eigenvalue weighted by molar-refractivity contribution is 5.89. The number of nitrogens with one attached hydrogen (secondary N) is 2. The Morgan fingerprint density at radius 1 is 1.15 bits per heavy atom. The van der Waals surface area contributed by atoms with Crippen LogP contribution in [0.5, 0.6) is 0 Å². The van der Waals surface area contributed by atoms with Crippen LogP contribution in [-0.4, -0.2) is 59.9 Å². The minimum atomic E-state index is -1.13. The second kappa shape index (κ2) is 8.13. The summed E-state index contributed by atoms with van der Waals surface area (Å²) in [7, 11) is 1.46. The highest BCUT2D eigenvalue weighted by Crippen LogP contribution is 2.01. The van der Waals surface area contributed by atoms with Gasteiger partial charge in [0, 0.05) is 14.0 Å². The molecule has 3 amide bonds. The summed E-state index contributed by atoms with van der Waals surface area (Å²) in [5, 5.41) is 13.5. The van der Waals surface area contributed by atoms with Crippen molar-refractivity contribution in [2.24, 2.45) is 5.92 Å². The number of hydrogen-bond donors (Lipinski definition) is 3. The number of aliphatic carboxylic acids is 1. The van der Waals surface area contributed by atoms with Crippen LogP contribution in [0, 0.1) is 5.92 Å². The monoisotopic (exact) mass is 287 g/mol. The number of amides is 3.